The van der Waals surface area contributed by atoms with E-state index in [1.165, 1.54) is 155 Å². The van der Waals surface area contributed by atoms with Gasteiger partial charge in [-0.15, -0.1) is 0 Å². The normalized spacial score (nSPS) is 17.1. The first-order valence-corrected chi connectivity index (χ1v) is 16.9. The molecule has 0 aromatic heterocycles. The van der Waals surface area contributed by atoms with Crippen LogP contribution in [0.15, 0.2) is 0 Å². The highest BCUT2D eigenvalue weighted by Gasteiger charge is 2.15. The largest absolute Gasteiger partial charge is 0.328 e. The van der Waals surface area contributed by atoms with Gasteiger partial charge in [-0.05, 0) is 130 Å². The van der Waals surface area contributed by atoms with Gasteiger partial charge in [0.05, 0.1) is 0 Å². The van der Waals surface area contributed by atoms with Crippen LogP contribution in [-0.4, -0.2) is 87.3 Å². The molecule has 2 aliphatic heterocycles. The molecule has 0 aromatic carbocycles. The van der Waals surface area contributed by atoms with Crippen LogP contribution in [0.4, 0.5) is 0 Å². The molecule has 6 heteroatoms. The smallest absolute Gasteiger partial charge is 0.00631 e. The Bertz CT molecular complexity index is 361. The molecule has 0 spiro atoms. The van der Waals surface area contributed by atoms with E-state index in [2.05, 4.69) is 62.0 Å². The third kappa shape index (κ3) is 30.3. The van der Waals surface area contributed by atoms with E-state index in [4.69, 9.17) is 11.5 Å². The Morgan fingerprint density at radius 1 is 0.474 bits per heavy atom. The molecule has 6 N–H and O–H groups in total. The van der Waals surface area contributed by atoms with E-state index in [9.17, 15) is 0 Å². The van der Waals surface area contributed by atoms with Crippen LogP contribution in [0.3, 0.4) is 0 Å². The molecule has 2 fully saturated rings. The van der Waals surface area contributed by atoms with Gasteiger partial charge in [0.25, 0.3) is 0 Å². The Morgan fingerprint density at radius 2 is 0.763 bits per heavy atom. The number of nitrogens with two attached hydrogens (primary N) is 2. The van der Waals surface area contributed by atoms with Gasteiger partial charge in [-0.3, -0.25) is 0 Å². The maximum Gasteiger partial charge on any atom is 0.00631 e. The molecule has 0 aromatic rings. The van der Waals surface area contributed by atoms with Crippen molar-refractivity contribution >= 4 is 0 Å². The highest BCUT2D eigenvalue weighted by Crippen LogP contribution is 2.10. The fourth-order valence-electron chi connectivity index (χ4n) is 4.48. The molecule has 2 aliphatic rings. The first-order chi connectivity index (χ1) is 18.5. The summed E-state index contributed by atoms with van der Waals surface area (Å²) in [4.78, 5) is 5.11. The lowest BCUT2D eigenvalue weighted by atomic mass is 10.1. The van der Waals surface area contributed by atoms with Crippen LogP contribution < -0.4 is 22.1 Å². The molecule has 6 nitrogen and oxygen atoms in total. The van der Waals surface area contributed by atoms with E-state index in [1.54, 1.807) is 0 Å². The zero-order valence-corrected chi connectivity index (χ0v) is 27.2. The Hall–Kier alpha value is -0.240. The summed E-state index contributed by atoms with van der Waals surface area (Å²) in [5, 5.41) is 6.57. The van der Waals surface area contributed by atoms with Crippen molar-refractivity contribution < 1.29 is 0 Å². The van der Waals surface area contributed by atoms with Crippen molar-refractivity contribution in [3.63, 3.8) is 0 Å². The van der Waals surface area contributed by atoms with Gasteiger partial charge < -0.3 is 31.9 Å². The highest BCUT2D eigenvalue weighted by atomic mass is 15.1. The fraction of sp³-hybridized carbons (Fsp3) is 1.00. The molecule has 38 heavy (non-hydrogen) atoms. The third-order valence-electron chi connectivity index (χ3n) is 7.13. The van der Waals surface area contributed by atoms with Crippen molar-refractivity contribution in [2.75, 3.05) is 65.4 Å². The molecule has 0 radical (unpaired) electrons. The molecule has 0 unspecified atom stereocenters. The minimum Gasteiger partial charge on any atom is -0.328 e. The van der Waals surface area contributed by atoms with Crippen LogP contribution >= 0.6 is 0 Å². The molecule has 2 heterocycles. The standard InChI is InChI=1S/2C10H22N2.2C6H15N/c2*1-2-3-4-7-12-8-5-10(11)6-9-12;2*1-3-5-7-6-4-2/h2*10H,2-9,11H2,1H3;2*7H,3-6H2,1-2H3. The van der Waals surface area contributed by atoms with Crippen molar-refractivity contribution in [1.29, 1.82) is 0 Å². The minimum atomic E-state index is 0.479. The number of unbranched alkanes of at least 4 members (excludes halogenated alkanes) is 4. The van der Waals surface area contributed by atoms with Crippen LogP contribution in [0.5, 0.6) is 0 Å². The summed E-state index contributed by atoms with van der Waals surface area (Å²) in [6, 6.07) is 0.958. The average molecular weight is 543 g/mol. The number of hydrogen-bond donors (Lipinski definition) is 4. The Balaban J connectivity index is 0. The lowest BCUT2D eigenvalue weighted by molar-refractivity contribution is 0.209. The molecule has 0 amide bonds. The number of piperidine rings is 2. The summed E-state index contributed by atoms with van der Waals surface area (Å²) < 4.78 is 0. The van der Waals surface area contributed by atoms with Gasteiger partial charge >= 0.3 is 0 Å². The van der Waals surface area contributed by atoms with Crippen molar-refractivity contribution in [2.24, 2.45) is 11.5 Å². The zero-order valence-electron chi connectivity index (χ0n) is 27.2. The van der Waals surface area contributed by atoms with Gasteiger partial charge in [0, 0.05) is 12.1 Å². The van der Waals surface area contributed by atoms with Gasteiger partial charge in [-0.2, -0.15) is 0 Å². The molecule has 232 valence electrons. The maximum atomic E-state index is 5.83. The van der Waals surface area contributed by atoms with E-state index in [0.29, 0.717) is 12.1 Å². The fourth-order valence-corrected chi connectivity index (χ4v) is 4.48. The van der Waals surface area contributed by atoms with Crippen molar-refractivity contribution in [2.45, 2.75) is 144 Å². The predicted molar refractivity (Wildman–Crippen MR) is 173 cm³/mol. The molecular weight excluding hydrogens is 468 g/mol. The lowest BCUT2D eigenvalue weighted by Crippen LogP contribution is -2.39. The second-order valence-electron chi connectivity index (χ2n) is 11.3. The topological polar surface area (TPSA) is 82.6 Å². The molecule has 0 atom stereocenters. The molecule has 0 bridgehead atoms. The second-order valence-corrected chi connectivity index (χ2v) is 11.3. The Labute approximate surface area is 240 Å². The quantitative estimate of drug-likeness (QED) is 0.179. The van der Waals surface area contributed by atoms with Crippen molar-refractivity contribution in [3.8, 4) is 0 Å². The maximum absolute atomic E-state index is 5.83. The monoisotopic (exact) mass is 543 g/mol. The number of rotatable bonds is 16. The summed E-state index contributed by atoms with van der Waals surface area (Å²) in [6.07, 6.45) is 17.9. The number of likely N-dealkylation sites (tertiary alicyclic amines) is 2. The Morgan fingerprint density at radius 3 is 1.00 bits per heavy atom. The van der Waals surface area contributed by atoms with E-state index >= 15 is 0 Å². The number of nitrogens with one attached hydrogen (secondary N) is 2. The van der Waals surface area contributed by atoms with Crippen LogP contribution in [0.1, 0.15) is 131 Å². The van der Waals surface area contributed by atoms with Gasteiger partial charge in [0.2, 0.25) is 0 Å². The van der Waals surface area contributed by atoms with Crippen LogP contribution in [0, 0.1) is 0 Å². The highest BCUT2D eigenvalue weighted by molar-refractivity contribution is 4.74. The van der Waals surface area contributed by atoms with Crippen LogP contribution in [-0.2, 0) is 0 Å². The van der Waals surface area contributed by atoms with Gasteiger partial charge in [-0.25, -0.2) is 0 Å². The van der Waals surface area contributed by atoms with Gasteiger partial charge in [0.1, 0.15) is 0 Å². The zero-order chi connectivity index (χ0) is 28.7. The molecule has 2 rings (SSSR count). The molecule has 0 saturated carbocycles. The van der Waals surface area contributed by atoms with Gasteiger partial charge in [-0.1, -0.05) is 67.2 Å². The molecule has 2 saturated heterocycles. The first kappa shape index (κ1) is 39.9. The van der Waals surface area contributed by atoms with Crippen LogP contribution in [0.25, 0.3) is 0 Å². The minimum absolute atomic E-state index is 0.479. The van der Waals surface area contributed by atoms with E-state index < -0.39 is 0 Å². The second kappa shape index (κ2) is 33.0. The molecule has 0 aliphatic carbocycles. The summed E-state index contributed by atoms with van der Waals surface area (Å²) in [5.41, 5.74) is 11.7. The molecular formula is C32H74N6. The summed E-state index contributed by atoms with van der Waals surface area (Å²) >= 11 is 0. The Kier molecular flexibility index (Phi) is 34.6. The summed E-state index contributed by atoms with van der Waals surface area (Å²) in [6.45, 7) is 25.4. The van der Waals surface area contributed by atoms with E-state index in [1.807, 2.05) is 0 Å². The SMILES string of the molecule is CCCCCN1CCC(N)CC1.CCCCCN1CCC(N)CC1.CCCNCCC.CCCNCCC. The van der Waals surface area contributed by atoms with E-state index in [0.717, 1.165) is 0 Å². The van der Waals surface area contributed by atoms with Crippen molar-refractivity contribution in [1.82, 2.24) is 20.4 Å². The van der Waals surface area contributed by atoms with Crippen molar-refractivity contribution in [3.05, 3.63) is 0 Å². The predicted octanol–water partition coefficient (Wildman–Crippen LogP) is 5.99. The average Bonchev–Trinajstić information content (AvgIpc) is 2.93. The van der Waals surface area contributed by atoms with E-state index in [-0.39, 0.29) is 0 Å². The number of nitrogens with zero attached hydrogens (tertiary/aromatic N) is 2. The summed E-state index contributed by atoms with van der Waals surface area (Å²) in [7, 11) is 0. The van der Waals surface area contributed by atoms with Crippen LogP contribution in [0.2, 0.25) is 0 Å². The number of hydrogen-bond acceptors (Lipinski definition) is 6. The lowest BCUT2D eigenvalue weighted by Gasteiger charge is -2.29. The summed E-state index contributed by atoms with van der Waals surface area (Å²) in [5.74, 6) is 0. The first-order valence-electron chi connectivity index (χ1n) is 16.9. The third-order valence-corrected chi connectivity index (χ3v) is 7.13. The van der Waals surface area contributed by atoms with Gasteiger partial charge in [0.15, 0.2) is 0 Å².